The number of fused-ring (bicyclic) bond motifs is 3. The summed E-state index contributed by atoms with van der Waals surface area (Å²) in [7, 11) is 0. The Morgan fingerprint density at radius 3 is 2.71 bits per heavy atom. The summed E-state index contributed by atoms with van der Waals surface area (Å²) in [5.74, 6) is 0.276. The van der Waals surface area contributed by atoms with Crippen molar-refractivity contribution in [2.75, 3.05) is 11.5 Å². The van der Waals surface area contributed by atoms with Gasteiger partial charge in [0.15, 0.2) is 10.6 Å². The van der Waals surface area contributed by atoms with Gasteiger partial charge in [0.05, 0.1) is 27.2 Å². The number of thiazole rings is 1. The third-order valence-corrected chi connectivity index (χ3v) is 7.14. The molecule has 0 radical (unpaired) electrons. The first-order valence-electron chi connectivity index (χ1n) is 10.8. The molecule has 3 aromatic carbocycles. The second-order valence-electron chi connectivity index (χ2n) is 8.03. The lowest BCUT2D eigenvalue weighted by Gasteiger charge is -2.22. The van der Waals surface area contributed by atoms with Crippen molar-refractivity contribution >= 4 is 55.2 Å². The first kappa shape index (κ1) is 21.6. The van der Waals surface area contributed by atoms with Crippen LogP contribution in [0.25, 0.3) is 21.2 Å². The fraction of sp³-hybridized carbons (Fsp3) is 0.0741. The number of benzene rings is 3. The average molecular weight is 501 g/mol. The predicted molar refractivity (Wildman–Crippen MR) is 138 cm³/mol. The minimum atomic E-state index is -0.706. The number of carbonyl (C=O) groups excluding carboxylic acids is 1. The number of nitrogens with zero attached hydrogens (tertiary/aromatic N) is 2. The summed E-state index contributed by atoms with van der Waals surface area (Å²) in [5.41, 5.74) is 1.89. The lowest BCUT2D eigenvalue weighted by Crippen LogP contribution is -2.29. The van der Waals surface area contributed by atoms with Crippen molar-refractivity contribution < 1.29 is 13.9 Å². The summed E-state index contributed by atoms with van der Waals surface area (Å²) in [6.45, 7) is 4.04. The van der Waals surface area contributed by atoms with Crippen LogP contribution in [0.1, 0.15) is 27.7 Å². The smallest absolute Gasteiger partial charge is 0.297 e. The number of para-hydroxylation sites is 1. The van der Waals surface area contributed by atoms with Crippen molar-refractivity contribution in [3.8, 4) is 5.75 Å². The molecular weight excluding hydrogens is 484 g/mol. The van der Waals surface area contributed by atoms with Crippen molar-refractivity contribution in [3.05, 3.63) is 112 Å². The largest absolute Gasteiger partial charge is 0.490 e. The minimum Gasteiger partial charge on any atom is -0.490 e. The molecule has 5 aromatic rings. The van der Waals surface area contributed by atoms with Crippen LogP contribution in [0.3, 0.4) is 0 Å². The fourth-order valence-electron chi connectivity index (χ4n) is 4.32. The van der Waals surface area contributed by atoms with E-state index >= 15 is 0 Å². The van der Waals surface area contributed by atoms with E-state index in [1.165, 1.54) is 16.2 Å². The number of hydrogen-bond donors (Lipinski definition) is 0. The van der Waals surface area contributed by atoms with Gasteiger partial charge in [0.25, 0.3) is 5.91 Å². The van der Waals surface area contributed by atoms with E-state index in [0.29, 0.717) is 39.0 Å². The number of ether oxygens (including phenoxy) is 1. The van der Waals surface area contributed by atoms with Gasteiger partial charge >= 0.3 is 0 Å². The highest BCUT2D eigenvalue weighted by Crippen LogP contribution is 2.44. The molecule has 3 heterocycles. The fourth-order valence-corrected chi connectivity index (χ4v) is 5.59. The third kappa shape index (κ3) is 3.51. The zero-order valence-corrected chi connectivity index (χ0v) is 19.8. The molecule has 1 amide bonds. The Labute approximate surface area is 208 Å². The van der Waals surface area contributed by atoms with Gasteiger partial charge in [-0.2, -0.15) is 0 Å². The molecule has 0 aliphatic carbocycles. The Morgan fingerprint density at radius 1 is 1.11 bits per heavy atom. The molecule has 1 aliphatic heterocycles. The Hall–Kier alpha value is -3.94. The van der Waals surface area contributed by atoms with E-state index in [-0.39, 0.29) is 11.2 Å². The van der Waals surface area contributed by atoms with Crippen LogP contribution in [-0.4, -0.2) is 17.5 Å². The highest BCUT2D eigenvalue weighted by atomic mass is 35.5. The van der Waals surface area contributed by atoms with E-state index in [0.717, 1.165) is 15.8 Å². The van der Waals surface area contributed by atoms with Gasteiger partial charge in [-0.05, 0) is 48.0 Å². The predicted octanol–water partition coefficient (Wildman–Crippen LogP) is 6.37. The van der Waals surface area contributed by atoms with Crippen molar-refractivity contribution in [1.82, 2.24) is 4.98 Å². The van der Waals surface area contributed by atoms with E-state index < -0.39 is 11.9 Å². The van der Waals surface area contributed by atoms with Crippen LogP contribution in [0.2, 0.25) is 5.02 Å². The first-order valence-corrected chi connectivity index (χ1v) is 12.0. The summed E-state index contributed by atoms with van der Waals surface area (Å²) >= 11 is 7.51. The Morgan fingerprint density at radius 2 is 1.91 bits per heavy atom. The number of aromatic nitrogens is 1. The van der Waals surface area contributed by atoms with E-state index in [4.69, 9.17) is 20.8 Å². The van der Waals surface area contributed by atoms with Gasteiger partial charge in [-0.3, -0.25) is 14.5 Å². The van der Waals surface area contributed by atoms with Crippen LogP contribution < -0.4 is 15.1 Å². The van der Waals surface area contributed by atoms with Crippen molar-refractivity contribution in [3.63, 3.8) is 0 Å². The van der Waals surface area contributed by atoms with Gasteiger partial charge < -0.3 is 9.15 Å². The highest BCUT2D eigenvalue weighted by molar-refractivity contribution is 7.22. The number of rotatable bonds is 5. The monoisotopic (exact) mass is 500 g/mol. The summed E-state index contributed by atoms with van der Waals surface area (Å²) in [6.07, 6.45) is 1.66. The van der Waals surface area contributed by atoms with Gasteiger partial charge in [-0.1, -0.05) is 59.9 Å². The van der Waals surface area contributed by atoms with Gasteiger partial charge in [-0.25, -0.2) is 4.98 Å². The molecular formula is C27H17ClN2O4S. The molecule has 0 spiro atoms. The number of carbonyl (C=O) groups is 1. The number of halogens is 1. The van der Waals surface area contributed by atoms with Crippen LogP contribution in [0, 0.1) is 0 Å². The van der Waals surface area contributed by atoms with Crippen LogP contribution >= 0.6 is 22.9 Å². The van der Waals surface area contributed by atoms with E-state index in [1.54, 1.807) is 48.5 Å². The van der Waals surface area contributed by atoms with Crippen LogP contribution in [0.5, 0.6) is 5.75 Å². The molecule has 0 unspecified atom stereocenters. The molecule has 2 aromatic heterocycles. The normalized spacial score (nSPS) is 15.1. The van der Waals surface area contributed by atoms with Crippen LogP contribution in [0.4, 0.5) is 5.13 Å². The Bertz CT molecular complexity index is 1690. The van der Waals surface area contributed by atoms with Crippen molar-refractivity contribution in [2.24, 2.45) is 0 Å². The van der Waals surface area contributed by atoms with Gasteiger partial charge in [0.2, 0.25) is 5.76 Å². The number of hydrogen-bond acceptors (Lipinski definition) is 6. The molecule has 0 N–H and O–H groups in total. The Kier molecular flexibility index (Phi) is 5.16. The summed E-state index contributed by atoms with van der Waals surface area (Å²) in [5, 5.41) is 1.46. The molecule has 1 aliphatic rings. The Balaban J connectivity index is 1.56. The van der Waals surface area contributed by atoms with Gasteiger partial charge in [0, 0.05) is 5.02 Å². The standard InChI is InChI=1S/C27H17ClN2O4S/c1-2-13-33-17-10-7-15(8-11-17)23-22-24(31)18-5-3-4-6-20(18)34-25(22)26(32)30(23)27-29-19-12-9-16(28)14-21(19)35-27/h2-12,14,23H,1,13H2/t23-/m0/s1. The topological polar surface area (TPSA) is 72.6 Å². The molecule has 35 heavy (non-hydrogen) atoms. The summed E-state index contributed by atoms with van der Waals surface area (Å²) in [4.78, 5) is 33.6. The number of anilines is 1. The van der Waals surface area contributed by atoms with E-state index in [9.17, 15) is 9.59 Å². The second-order valence-corrected chi connectivity index (χ2v) is 9.47. The lowest BCUT2D eigenvalue weighted by atomic mass is 9.98. The van der Waals surface area contributed by atoms with E-state index in [1.807, 2.05) is 24.3 Å². The second kappa shape index (κ2) is 8.37. The van der Waals surface area contributed by atoms with Gasteiger partial charge in [-0.15, -0.1) is 0 Å². The van der Waals surface area contributed by atoms with E-state index in [2.05, 4.69) is 11.6 Å². The van der Waals surface area contributed by atoms with Crippen LogP contribution in [0.15, 0.2) is 88.6 Å². The number of amides is 1. The highest BCUT2D eigenvalue weighted by Gasteiger charge is 2.45. The van der Waals surface area contributed by atoms with Crippen molar-refractivity contribution in [1.29, 1.82) is 0 Å². The maximum Gasteiger partial charge on any atom is 0.297 e. The zero-order valence-electron chi connectivity index (χ0n) is 18.2. The van der Waals surface area contributed by atoms with Crippen molar-refractivity contribution in [2.45, 2.75) is 6.04 Å². The maximum atomic E-state index is 13.7. The SMILES string of the molecule is C=CCOc1ccc([C@H]2c3c(oc4ccccc4c3=O)C(=O)N2c2nc3ccc(Cl)cc3s2)cc1. The molecule has 0 fully saturated rings. The zero-order chi connectivity index (χ0) is 24.1. The summed E-state index contributed by atoms with van der Waals surface area (Å²) in [6, 6.07) is 18.9. The summed E-state index contributed by atoms with van der Waals surface area (Å²) < 4.78 is 12.4. The van der Waals surface area contributed by atoms with Gasteiger partial charge in [0.1, 0.15) is 17.9 Å². The quantitative estimate of drug-likeness (QED) is 0.262. The lowest BCUT2D eigenvalue weighted by molar-refractivity contribution is 0.0971. The molecule has 0 saturated heterocycles. The molecule has 6 nitrogen and oxygen atoms in total. The molecule has 172 valence electrons. The first-order chi connectivity index (χ1) is 17.0. The maximum absolute atomic E-state index is 13.7. The third-order valence-electron chi connectivity index (χ3n) is 5.89. The molecule has 0 bridgehead atoms. The molecule has 8 heteroatoms. The molecule has 0 saturated carbocycles. The molecule has 6 rings (SSSR count). The average Bonchev–Trinajstić information content (AvgIpc) is 3.41. The molecule has 1 atom stereocenters. The van der Waals surface area contributed by atoms with Crippen LogP contribution in [-0.2, 0) is 0 Å². The minimum absolute atomic E-state index is 0.0305.